The quantitative estimate of drug-likeness (QED) is 0.514. The number of aromatic nitrogens is 3. The molecule has 0 unspecified atom stereocenters. The van der Waals surface area contributed by atoms with E-state index < -0.39 is 5.97 Å². The second-order valence-electron chi connectivity index (χ2n) is 8.60. The molecule has 1 amide bonds. The zero-order valence-corrected chi connectivity index (χ0v) is 19.5. The van der Waals surface area contributed by atoms with E-state index in [1.54, 1.807) is 13.8 Å². The van der Waals surface area contributed by atoms with Crippen LogP contribution >= 0.6 is 0 Å². The molecule has 1 fully saturated rings. The molecule has 1 aromatic carbocycles. The van der Waals surface area contributed by atoms with Crippen molar-refractivity contribution in [1.29, 1.82) is 0 Å². The first-order chi connectivity index (χ1) is 16.0. The average Bonchev–Trinajstić information content (AvgIpc) is 3.15. The number of fused-ring (bicyclic) bond motifs is 1. The molecule has 8 heteroatoms. The van der Waals surface area contributed by atoms with Gasteiger partial charge in [-0.25, -0.2) is 14.8 Å². The summed E-state index contributed by atoms with van der Waals surface area (Å²) in [5.74, 6) is 0.751. The van der Waals surface area contributed by atoms with Crippen LogP contribution in [-0.4, -0.2) is 57.6 Å². The molecule has 3 heterocycles. The number of nitrogens with zero attached hydrogens (tertiary/aromatic N) is 5. The standard InChI is InChI=1S/C25H31N5O3/c1-4-33-24(32)20-13-26-25(27-14-20)29-11-9-19(10-12-29)15-30(18(2)31)17-21-16-28(3)23-8-6-5-7-22(21)23/h5-8,13-14,16,19H,4,9-12,15,17H2,1-3H3. The maximum absolute atomic E-state index is 12.4. The first-order valence-electron chi connectivity index (χ1n) is 11.5. The van der Waals surface area contributed by atoms with Crippen molar-refractivity contribution < 1.29 is 14.3 Å². The van der Waals surface area contributed by atoms with Crippen LogP contribution in [0.1, 0.15) is 42.6 Å². The smallest absolute Gasteiger partial charge is 0.341 e. The average molecular weight is 450 g/mol. The number of ether oxygens (including phenoxy) is 1. The Morgan fingerprint density at radius 3 is 2.52 bits per heavy atom. The number of esters is 1. The minimum absolute atomic E-state index is 0.100. The highest BCUT2D eigenvalue weighted by Crippen LogP contribution is 2.25. The predicted octanol–water partition coefficient (Wildman–Crippen LogP) is 3.41. The van der Waals surface area contributed by atoms with Gasteiger partial charge in [0.05, 0.1) is 12.2 Å². The lowest BCUT2D eigenvalue weighted by molar-refractivity contribution is -0.130. The Morgan fingerprint density at radius 1 is 1.15 bits per heavy atom. The summed E-state index contributed by atoms with van der Waals surface area (Å²) in [6.07, 6.45) is 7.09. The van der Waals surface area contributed by atoms with E-state index in [9.17, 15) is 9.59 Å². The normalized spacial score (nSPS) is 14.5. The van der Waals surface area contributed by atoms with E-state index in [1.165, 1.54) is 28.9 Å². The number of carbonyl (C=O) groups excluding carboxylic acids is 2. The van der Waals surface area contributed by atoms with Crippen molar-refractivity contribution >= 4 is 28.7 Å². The molecule has 0 radical (unpaired) electrons. The van der Waals surface area contributed by atoms with Crippen LogP contribution < -0.4 is 4.90 Å². The fourth-order valence-corrected chi connectivity index (χ4v) is 4.49. The Hall–Kier alpha value is -3.42. The molecule has 0 spiro atoms. The van der Waals surface area contributed by atoms with Crippen molar-refractivity contribution in [2.24, 2.45) is 13.0 Å². The molecule has 1 saturated heterocycles. The summed E-state index contributed by atoms with van der Waals surface area (Å²) >= 11 is 0. The number of hydrogen-bond donors (Lipinski definition) is 0. The molecule has 0 bridgehead atoms. The van der Waals surface area contributed by atoms with E-state index in [4.69, 9.17) is 4.74 Å². The molecule has 0 aliphatic carbocycles. The molecular weight excluding hydrogens is 418 g/mol. The van der Waals surface area contributed by atoms with Crippen LogP contribution in [0, 0.1) is 5.92 Å². The Balaban J connectivity index is 1.36. The number of benzene rings is 1. The summed E-state index contributed by atoms with van der Waals surface area (Å²) in [4.78, 5) is 37.0. The Kier molecular flexibility index (Phi) is 6.91. The molecule has 2 aromatic heterocycles. The van der Waals surface area contributed by atoms with Gasteiger partial charge in [0.15, 0.2) is 0 Å². The maximum atomic E-state index is 12.4. The third-order valence-corrected chi connectivity index (χ3v) is 6.31. The molecule has 0 atom stereocenters. The van der Waals surface area contributed by atoms with Crippen molar-refractivity contribution in [3.63, 3.8) is 0 Å². The lowest BCUT2D eigenvalue weighted by Gasteiger charge is -2.34. The van der Waals surface area contributed by atoms with Gasteiger partial charge in [-0.3, -0.25) is 4.79 Å². The van der Waals surface area contributed by atoms with Crippen LogP contribution in [0.2, 0.25) is 0 Å². The number of piperidine rings is 1. The Bertz CT molecular complexity index is 1120. The molecule has 33 heavy (non-hydrogen) atoms. The predicted molar refractivity (Wildman–Crippen MR) is 127 cm³/mol. The zero-order chi connectivity index (χ0) is 23.4. The van der Waals surface area contributed by atoms with Crippen LogP contribution in [-0.2, 0) is 23.1 Å². The monoisotopic (exact) mass is 449 g/mol. The number of aryl methyl sites for hydroxylation is 1. The molecule has 4 rings (SSSR count). The largest absolute Gasteiger partial charge is 0.462 e. The van der Waals surface area contributed by atoms with Crippen LogP contribution in [0.5, 0.6) is 0 Å². The molecule has 3 aromatic rings. The van der Waals surface area contributed by atoms with Crippen LogP contribution in [0.4, 0.5) is 5.95 Å². The van der Waals surface area contributed by atoms with Gasteiger partial charge in [0.25, 0.3) is 0 Å². The summed E-state index contributed by atoms with van der Waals surface area (Å²) in [5.41, 5.74) is 2.72. The van der Waals surface area contributed by atoms with E-state index >= 15 is 0 Å². The number of anilines is 1. The lowest BCUT2D eigenvalue weighted by Crippen LogP contribution is -2.40. The van der Waals surface area contributed by atoms with Crippen molar-refractivity contribution in [3.05, 3.63) is 54.0 Å². The van der Waals surface area contributed by atoms with E-state index in [0.717, 1.165) is 32.5 Å². The van der Waals surface area contributed by atoms with E-state index in [2.05, 4.69) is 37.8 Å². The Labute approximate surface area is 194 Å². The van der Waals surface area contributed by atoms with Crippen molar-refractivity contribution in [1.82, 2.24) is 19.4 Å². The molecule has 1 aliphatic heterocycles. The third-order valence-electron chi connectivity index (χ3n) is 6.31. The number of carbonyl (C=O) groups is 2. The van der Waals surface area contributed by atoms with Crippen LogP contribution in [0.25, 0.3) is 10.9 Å². The van der Waals surface area contributed by atoms with Gasteiger partial charge in [0, 0.05) is 69.6 Å². The van der Waals surface area contributed by atoms with Gasteiger partial charge in [-0.2, -0.15) is 0 Å². The van der Waals surface area contributed by atoms with Crippen LogP contribution in [0.3, 0.4) is 0 Å². The highest BCUT2D eigenvalue weighted by atomic mass is 16.5. The second-order valence-corrected chi connectivity index (χ2v) is 8.60. The number of hydrogen-bond acceptors (Lipinski definition) is 6. The minimum Gasteiger partial charge on any atom is -0.462 e. The van der Waals surface area contributed by atoms with Gasteiger partial charge in [0.2, 0.25) is 11.9 Å². The molecular formula is C25H31N5O3. The molecule has 174 valence electrons. The third kappa shape index (κ3) is 5.16. The number of para-hydroxylation sites is 1. The van der Waals surface area contributed by atoms with Crippen LogP contribution in [0.15, 0.2) is 42.9 Å². The van der Waals surface area contributed by atoms with Crippen molar-refractivity contribution in [2.45, 2.75) is 33.2 Å². The number of amides is 1. The van der Waals surface area contributed by atoms with Crippen molar-refractivity contribution in [3.8, 4) is 0 Å². The van der Waals surface area contributed by atoms with E-state index in [-0.39, 0.29) is 5.91 Å². The second kappa shape index (κ2) is 10.0. The van der Waals surface area contributed by atoms with Gasteiger partial charge in [-0.1, -0.05) is 18.2 Å². The summed E-state index contributed by atoms with van der Waals surface area (Å²) in [6.45, 7) is 6.76. The summed E-state index contributed by atoms with van der Waals surface area (Å²) < 4.78 is 7.10. The SMILES string of the molecule is CCOC(=O)c1cnc(N2CCC(CN(Cc3cn(C)c4ccccc34)C(C)=O)CC2)nc1. The molecule has 0 N–H and O–H groups in total. The number of rotatable bonds is 7. The highest BCUT2D eigenvalue weighted by molar-refractivity contribution is 5.88. The fraction of sp³-hybridized carbons (Fsp3) is 0.440. The maximum Gasteiger partial charge on any atom is 0.341 e. The van der Waals surface area contributed by atoms with Gasteiger partial charge >= 0.3 is 5.97 Å². The van der Waals surface area contributed by atoms with Gasteiger partial charge in [-0.15, -0.1) is 0 Å². The summed E-state index contributed by atoms with van der Waals surface area (Å²) in [6, 6.07) is 8.31. The van der Waals surface area contributed by atoms with Gasteiger partial charge < -0.3 is 19.1 Å². The zero-order valence-electron chi connectivity index (χ0n) is 19.5. The summed E-state index contributed by atoms with van der Waals surface area (Å²) in [7, 11) is 2.04. The fourth-order valence-electron chi connectivity index (χ4n) is 4.49. The Morgan fingerprint density at radius 2 is 1.85 bits per heavy atom. The van der Waals surface area contributed by atoms with E-state index in [0.29, 0.717) is 30.6 Å². The minimum atomic E-state index is -0.404. The topological polar surface area (TPSA) is 80.6 Å². The first-order valence-corrected chi connectivity index (χ1v) is 11.5. The molecule has 0 saturated carbocycles. The van der Waals surface area contributed by atoms with Gasteiger partial charge in [0.1, 0.15) is 0 Å². The van der Waals surface area contributed by atoms with E-state index in [1.807, 2.05) is 24.1 Å². The molecule has 1 aliphatic rings. The van der Waals surface area contributed by atoms with Gasteiger partial charge in [-0.05, 0) is 37.3 Å². The molecule has 8 nitrogen and oxygen atoms in total. The van der Waals surface area contributed by atoms with Crippen molar-refractivity contribution in [2.75, 3.05) is 31.1 Å². The summed E-state index contributed by atoms with van der Waals surface area (Å²) in [5, 5.41) is 1.20. The first kappa shape index (κ1) is 22.8. The lowest BCUT2D eigenvalue weighted by atomic mass is 9.96. The highest BCUT2D eigenvalue weighted by Gasteiger charge is 2.25.